The van der Waals surface area contributed by atoms with Crippen molar-refractivity contribution in [3.05, 3.63) is 35.1 Å². The summed E-state index contributed by atoms with van der Waals surface area (Å²) in [7, 11) is 3.19. The molecule has 1 N–H and O–H groups in total. The van der Waals surface area contributed by atoms with Crippen LogP contribution in [0, 0.1) is 0 Å². The van der Waals surface area contributed by atoms with E-state index >= 15 is 0 Å². The molecule has 3 aromatic rings. The minimum atomic E-state index is -0.154. The second kappa shape index (κ2) is 6.23. The zero-order chi connectivity index (χ0) is 17.3. The molecule has 0 bridgehead atoms. The molecule has 124 valence electrons. The van der Waals surface area contributed by atoms with Gasteiger partial charge in [-0.05, 0) is 19.9 Å². The maximum atomic E-state index is 12.5. The molecule has 0 atom stereocenters. The van der Waals surface area contributed by atoms with E-state index in [2.05, 4.69) is 25.3 Å². The van der Waals surface area contributed by atoms with Crippen LogP contribution in [0.2, 0.25) is 0 Å². The lowest BCUT2D eigenvalue weighted by Gasteiger charge is -2.13. The highest BCUT2D eigenvalue weighted by atomic mass is 16.5. The maximum Gasteiger partial charge on any atom is 0.264 e. The van der Waals surface area contributed by atoms with Crippen LogP contribution in [0.25, 0.3) is 22.3 Å². The SMILES string of the molecule is COc1cncc(-c2cc3ncn(C)c(=O)c3c(NC(C)C)n2)n1. The van der Waals surface area contributed by atoms with Crippen molar-refractivity contribution in [2.75, 3.05) is 12.4 Å². The van der Waals surface area contributed by atoms with Crippen LogP contribution >= 0.6 is 0 Å². The molecular formula is C16H18N6O2. The lowest BCUT2D eigenvalue weighted by molar-refractivity contribution is 0.396. The Morgan fingerprint density at radius 2 is 2.00 bits per heavy atom. The predicted molar refractivity (Wildman–Crippen MR) is 91.1 cm³/mol. The van der Waals surface area contributed by atoms with Gasteiger partial charge in [-0.1, -0.05) is 0 Å². The Balaban J connectivity index is 2.27. The van der Waals surface area contributed by atoms with Crippen LogP contribution in [0.1, 0.15) is 13.8 Å². The zero-order valence-corrected chi connectivity index (χ0v) is 13.9. The van der Waals surface area contributed by atoms with Crippen LogP contribution in [-0.4, -0.2) is 37.7 Å². The number of hydrogen-bond donors (Lipinski definition) is 1. The minimum Gasteiger partial charge on any atom is -0.480 e. The molecule has 0 aliphatic rings. The number of methoxy groups -OCH3 is 1. The van der Waals surface area contributed by atoms with Gasteiger partial charge in [-0.2, -0.15) is 0 Å². The first kappa shape index (κ1) is 15.9. The first-order valence-corrected chi connectivity index (χ1v) is 7.49. The summed E-state index contributed by atoms with van der Waals surface area (Å²) < 4.78 is 6.54. The number of aryl methyl sites for hydroxylation is 1. The molecule has 8 nitrogen and oxygen atoms in total. The van der Waals surface area contributed by atoms with E-state index in [4.69, 9.17) is 4.74 Å². The molecule has 0 spiro atoms. The van der Waals surface area contributed by atoms with Gasteiger partial charge in [0.25, 0.3) is 5.56 Å². The summed E-state index contributed by atoms with van der Waals surface area (Å²) in [6.07, 6.45) is 4.60. The highest BCUT2D eigenvalue weighted by Gasteiger charge is 2.15. The van der Waals surface area contributed by atoms with Crippen LogP contribution in [0.3, 0.4) is 0 Å². The van der Waals surface area contributed by atoms with Gasteiger partial charge in [0.2, 0.25) is 5.88 Å². The van der Waals surface area contributed by atoms with E-state index in [1.807, 2.05) is 13.8 Å². The minimum absolute atomic E-state index is 0.109. The summed E-state index contributed by atoms with van der Waals surface area (Å²) >= 11 is 0. The monoisotopic (exact) mass is 326 g/mol. The van der Waals surface area contributed by atoms with Crippen molar-refractivity contribution in [2.45, 2.75) is 19.9 Å². The molecule has 0 amide bonds. The van der Waals surface area contributed by atoms with E-state index in [0.717, 1.165) is 0 Å². The van der Waals surface area contributed by atoms with Crippen molar-refractivity contribution in [1.82, 2.24) is 24.5 Å². The molecule has 0 aromatic carbocycles. The first-order valence-electron chi connectivity index (χ1n) is 7.49. The van der Waals surface area contributed by atoms with Gasteiger partial charge < -0.3 is 14.6 Å². The third kappa shape index (κ3) is 2.90. The molecule has 0 radical (unpaired) electrons. The molecule has 3 heterocycles. The number of rotatable bonds is 4. The van der Waals surface area contributed by atoms with Crippen molar-refractivity contribution in [1.29, 1.82) is 0 Å². The third-order valence-electron chi connectivity index (χ3n) is 3.41. The fourth-order valence-electron chi connectivity index (χ4n) is 2.30. The summed E-state index contributed by atoms with van der Waals surface area (Å²) in [5, 5.41) is 3.66. The van der Waals surface area contributed by atoms with E-state index in [9.17, 15) is 4.79 Å². The van der Waals surface area contributed by atoms with Gasteiger partial charge in [0.1, 0.15) is 16.9 Å². The predicted octanol–water partition coefficient (Wildman–Crippen LogP) is 1.61. The molecule has 3 rings (SSSR count). The Hall–Kier alpha value is -3.03. The Labute approximate surface area is 138 Å². The average Bonchev–Trinajstić information content (AvgIpc) is 2.57. The zero-order valence-electron chi connectivity index (χ0n) is 13.9. The fourth-order valence-corrected chi connectivity index (χ4v) is 2.30. The van der Waals surface area contributed by atoms with E-state index in [1.165, 1.54) is 24.2 Å². The quantitative estimate of drug-likeness (QED) is 0.778. The summed E-state index contributed by atoms with van der Waals surface area (Å²) in [5.74, 6) is 0.875. The van der Waals surface area contributed by atoms with Crippen molar-refractivity contribution >= 4 is 16.7 Å². The first-order chi connectivity index (χ1) is 11.5. The van der Waals surface area contributed by atoms with E-state index in [-0.39, 0.29) is 11.6 Å². The van der Waals surface area contributed by atoms with Gasteiger partial charge in [-0.15, -0.1) is 0 Å². The maximum absolute atomic E-state index is 12.5. The second-order valence-corrected chi connectivity index (χ2v) is 5.66. The Kier molecular flexibility index (Phi) is 4.11. The van der Waals surface area contributed by atoms with Crippen molar-refractivity contribution in [3.8, 4) is 17.3 Å². The molecule has 0 unspecified atom stereocenters. The van der Waals surface area contributed by atoms with Crippen molar-refractivity contribution < 1.29 is 4.74 Å². The van der Waals surface area contributed by atoms with Gasteiger partial charge in [-0.3, -0.25) is 9.78 Å². The second-order valence-electron chi connectivity index (χ2n) is 5.66. The number of aromatic nitrogens is 5. The molecule has 0 saturated carbocycles. The molecular weight excluding hydrogens is 308 g/mol. The number of anilines is 1. The van der Waals surface area contributed by atoms with Crippen LogP contribution in [0.5, 0.6) is 5.88 Å². The lowest BCUT2D eigenvalue weighted by atomic mass is 10.2. The Morgan fingerprint density at radius 1 is 1.21 bits per heavy atom. The van der Waals surface area contributed by atoms with Crippen LogP contribution in [-0.2, 0) is 7.05 Å². The number of nitrogens with one attached hydrogen (secondary N) is 1. The van der Waals surface area contributed by atoms with E-state index in [0.29, 0.717) is 34.0 Å². The van der Waals surface area contributed by atoms with Crippen LogP contribution < -0.4 is 15.6 Å². The smallest absolute Gasteiger partial charge is 0.264 e. The summed E-state index contributed by atoms with van der Waals surface area (Å²) in [6.45, 7) is 3.96. The summed E-state index contributed by atoms with van der Waals surface area (Å²) in [5.41, 5.74) is 1.51. The van der Waals surface area contributed by atoms with Crippen LogP contribution in [0.4, 0.5) is 5.82 Å². The number of ether oxygens (including phenoxy) is 1. The summed E-state index contributed by atoms with van der Waals surface area (Å²) in [4.78, 5) is 29.8. The molecule has 3 aromatic heterocycles. The molecule has 8 heteroatoms. The average molecular weight is 326 g/mol. The largest absolute Gasteiger partial charge is 0.480 e. The van der Waals surface area contributed by atoms with Crippen LogP contribution in [0.15, 0.2) is 29.6 Å². The number of hydrogen-bond acceptors (Lipinski definition) is 7. The molecule has 0 saturated heterocycles. The van der Waals surface area contributed by atoms with Gasteiger partial charge in [0.05, 0.1) is 37.0 Å². The highest BCUT2D eigenvalue weighted by Crippen LogP contribution is 2.24. The molecule has 0 fully saturated rings. The van der Waals surface area contributed by atoms with Gasteiger partial charge in [0.15, 0.2) is 0 Å². The third-order valence-corrected chi connectivity index (χ3v) is 3.41. The molecule has 0 aliphatic carbocycles. The number of fused-ring (bicyclic) bond motifs is 1. The number of pyridine rings is 1. The Morgan fingerprint density at radius 3 is 2.71 bits per heavy atom. The Bertz CT molecular complexity index is 951. The van der Waals surface area contributed by atoms with Gasteiger partial charge in [-0.25, -0.2) is 15.0 Å². The van der Waals surface area contributed by atoms with E-state index < -0.39 is 0 Å². The molecule has 24 heavy (non-hydrogen) atoms. The van der Waals surface area contributed by atoms with Gasteiger partial charge in [0, 0.05) is 13.1 Å². The van der Waals surface area contributed by atoms with E-state index in [1.54, 1.807) is 19.3 Å². The number of nitrogens with zero attached hydrogens (tertiary/aromatic N) is 5. The van der Waals surface area contributed by atoms with Gasteiger partial charge >= 0.3 is 0 Å². The highest BCUT2D eigenvalue weighted by molar-refractivity contribution is 5.91. The van der Waals surface area contributed by atoms with Crippen molar-refractivity contribution in [2.24, 2.45) is 7.05 Å². The normalized spacial score (nSPS) is 11.0. The summed E-state index contributed by atoms with van der Waals surface area (Å²) in [6, 6.07) is 1.84. The fraction of sp³-hybridized carbons (Fsp3) is 0.312. The topological polar surface area (TPSA) is 94.8 Å². The molecule has 0 aliphatic heterocycles. The van der Waals surface area contributed by atoms with Crippen molar-refractivity contribution in [3.63, 3.8) is 0 Å². The lowest BCUT2D eigenvalue weighted by Crippen LogP contribution is -2.21. The standard InChI is InChI=1S/C16H18N6O2/c1-9(2)19-15-14-11(18-8-22(3)16(14)23)5-10(21-15)12-6-17-7-13(20-12)24-4/h5-9H,1-4H3,(H,19,21).